The molecule has 5 aromatic carbocycles. The Morgan fingerprint density at radius 3 is 1.18 bits per heavy atom. The zero-order chi connectivity index (χ0) is 23.5. The molecule has 0 saturated carbocycles. The van der Waals surface area contributed by atoms with E-state index in [1.165, 1.54) is 0 Å². The first kappa shape index (κ1) is 21.2. The average Bonchev–Trinajstić information content (AvgIpc) is 2.85. The van der Waals surface area contributed by atoms with E-state index in [0.717, 1.165) is 39.3 Å². The summed E-state index contributed by atoms with van der Waals surface area (Å²) in [5.41, 5.74) is 6.55. The standard InChI is InChI=1S/C30H23NO3/c32-28-7-1-4-23(18-28)21-10-14-25(15-11-21)31(27-6-3-9-30(34)20-27)26-16-12-22(13-17-26)24-5-2-8-29(33)19-24/h1-20,32-34H. The summed E-state index contributed by atoms with van der Waals surface area (Å²) in [7, 11) is 0. The SMILES string of the molecule is Oc1cccc(-c2ccc(N(c3ccc(-c4cccc(O)c4)cc3)c3cccc(O)c3)cc2)c1. The Morgan fingerprint density at radius 2 is 0.765 bits per heavy atom. The lowest BCUT2D eigenvalue weighted by atomic mass is 10.0. The lowest BCUT2D eigenvalue weighted by molar-refractivity contribution is 0.475. The first-order valence-electron chi connectivity index (χ1n) is 10.9. The molecular weight excluding hydrogens is 422 g/mol. The lowest BCUT2D eigenvalue weighted by Crippen LogP contribution is -2.09. The third-order valence-corrected chi connectivity index (χ3v) is 5.70. The number of aromatic hydroxyl groups is 3. The van der Waals surface area contributed by atoms with Crippen LogP contribution in [0.2, 0.25) is 0 Å². The van der Waals surface area contributed by atoms with Gasteiger partial charge in [0.2, 0.25) is 0 Å². The van der Waals surface area contributed by atoms with E-state index in [-0.39, 0.29) is 17.2 Å². The van der Waals surface area contributed by atoms with Crippen LogP contribution < -0.4 is 4.90 Å². The molecule has 5 aromatic rings. The van der Waals surface area contributed by atoms with Crippen molar-refractivity contribution in [1.29, 1.82) is 0 Å². The van der Waals surface area contributed by atoms with Gasteiger partial charge >= 0.3 is 0 Å². The van der Waals surface area contributed by atoms with Gasteiger partial charge in [0.25, 0.3) is 0 Å². The zero-order valence-corrected chi connectivity index (χ0v) is 18.3. The maximum absolute atomic E-state index is 10.1. The van der Waals surface area contributed by atoms with Crippen LogP contribution in [0, 0.1) is 0 Å². The number of phenolic OH excluding ortho intramolecular Hbond substituents is 3. The van der Waals surface area contributed by atoms with Gasteiger partial charge < -0.3 is 20.2 Å². The molecule has 4 heteroatoms. The molecule has 0 aliphatic heterocycles. The van der Waals surface area contributed by atoms with E-state index in [0.29, 0.717) is 0 Å². The maximum Gasteiger partial charge on any atom is 0.117 e. The fraction of sp³-hybridized carbons (Fsp3) is 0. The fourth-order valence-corrected chi connectivity index (χ4v) is 4.06. The Morgan fingerprint density at radius 1 is 0.353 bits per heavy atom. The molecule has 34 heavy (non-hydrogen) atoms. The molecule has 0 aromatic heterocycles. The van der Waals surface area contributed by atoms with E-state index < -0.39 is 0 Å². The summed E-state index contributed by atoms with van der Waals surface area (Å²) in [6, 6.07) is 37.6. The van der Waals surface area contributed by atoms with Crippen molar-refractivity contribution in [2.75, 3.05) is 4.90 Å². The molecule has 0 heterocycles. The van der Waals surface area contributed by atoms with Crippen molar-refractivity contribution in [1.82, 2.24) is 0 Å². The summed E-state index contributed by atoms with van der Waals surface area (Å²) in [6.07, 6.45) is 0. The van der Waals surface area contributed by atoms with Crippen molar-refractivity contribution in [3.63, 3.8) is 0 Å². The van der Waals surface area contributed by atoms with Gasteiger partial charge in [-0.2, -0.15) is 0 Å². The summed E-state index contributed by atoms with van der Waals surface area (Å²) < 4.78 is 0. The summed E-state index contributed by atoms with van der Waals surface area (Å²) in [5.74, 6) is 0.653. The lowest BCUT2D eigenvalue weighted by Gasteiger charge is -2.26. The molecule has 3 N–H and O–H groups in total. The quantitative estimate of drug-likeness (QED) is 0.260. The van der Waals surface area contributed by atoms with Gasteiger partial charge in [-0.3, -0.25) is 0 Å². The summed E-state index contributed by atoms with van der Waals surface area (Å²) in [5, 5.41) is 29.7. The third-order valence-electron chi connectivity index (χ3n) is 5.70. The highest BCUT2D eigenvalue weighted by Crippen LogP contribution is 2.38. The van der Waals surface area contributed by atoms with Crippen LogP contribution in [0.15, 0.2) is 121 Å². The first-order valence-corrected chi connectivity index (χ1v) is 10.9. The predicted molar refractivity (Wildman–Crippen MR) is 137 cm³/mol. The van der Waals surface area contributed by atoms with E-state index in [1.807, 2.05) is 84.9 Å². The number of hydrogen-bond donors (Lipinski definition) is 3. The highest BCUT2D eigenvalue weighted by atomic mass is 16.3. The number of nitrogens with zero attached hydrogens (tertiary/aromatic N) is 1. The topological polar surface area (TPSA) is 63.9 Å². The minimum absolute atomic E-state index is 0.190. The van der Waals surface area contributed by atoms with Gasteiger partial charge in [0.1, 0.15) is 17.2 Å². The predicted octanol–water partition coefficient (Wildman–Crippen LogP) is 7.61. The van der Waals surface area contributed by atoms with E-state index >= 15 is 0 Å². The van der Waals surface area contributed by atoms with Crippen LogP contribution in [0.3, 0.4) is 0 Å². The summed E-state index contributed by atoms with van der Waals surface area (Å²) in [4.78, 5) is 2.07. The number of hydrogen-bond acceptors (Lipinski definition) is 4. The Labute approximate surface area is 198 Å². The number of rotatable bonds is 5. The van der Waals surface area contributed by atoms with Crippen molar-refractivity contribution in [3.8, 4) is 39.5 Å². The van der Waals surface area contributed by atoms with Crippen molar-refractivity contribution in [3.05, 3.63) is 121 Å². The second-order valence-electron chi connectivity index (χ2n) is 8.05. The van der Waals surface area contributed by atoms with E-state index in [2.05, 4.69) is 4.90 Å². The van der Waals surface area contributed by atoms with Crippen LogP contribution in [0.4, 0.5) is 17.1 Å². The zero-order valence-electron chi connectivity index (χ0n) is 18.3. The molecule has 5 rings (SSSR count). The van der Waals surface area contributed by atoms with Gasteiger partial charge in [0.15, 0.2) is 0 Å². The van der Waals surface area contributed by atoms with E-state index in [4.69, 9.17) is 0 Å². The molecule has 0 aliphatic carbocycles. The molecule has 0 saturated heterocycles. The molecule has 0 amide bonds. The molecule has 0 atom stereocenters. The Bertz CT molecular complexity index is 1340. The van der Waals surface area contributed by atoms with Crippen molar-refractivity contribution in [2.24, 2.45) is 0 Å². The molecule has 0 fully saturated rings. The first-order chi connectivity index (χ1) is 16.6. The summed E-state index contributed by atoms with van der Waals surface area (Å²) >= 11 is 0. The Balaban J connectivity index is 1.54. The summed E-state index contributed by atoms with van der Waals surface area (Å²) in [6.45, 7) is 0. The van der Waals surface area contributed by atoms with Crippen LogP contribution in [0.1, 0.15) is 0 Å². The molecule has 4 nitrogen and oxygen atoms in total. The second kappa shape index (κ2) is 9.04. The van der Waals surface area contributed by atoms with Crippen molar-refractivity contribution >= 4 is 17.1 Å². The van der Waals surface area contributed by atoms with Crippen LogP contribution in [-0.2, 0) is 0 Å². The third kappa shape index (κ3) is 4.43. The average molecular weight is 446 g/mol. The fourth-order valence-electron chi connectivity index (χ4n) is 4.06. The molecule has 0 bridgehead atoms. The Hall–Kier alpha value is -4.70. The molecule has 0 unspecified atom stereocenters. The van der Waals surface area contributed by atoms with Gasteiger partial charge in [-0.1, -0.05) is 54.6 Å². The maximum atomic E-state index is 10.1. The monoisotopic (exact) mass is 445 g/mol. The van der Waals surface area contributed by atoms with Gasteiger partial charge in [-0.25, -0.2) is 0 Å². The minimum Gasteiger partial charge on any atom is -0.508 e. The molecular formula is C30H23NO3. The van der Waals surface area contributed by atoms with Gasteiger partial charge in [-0.05, 0) is 82.9 Å². The van der Waals surface area contributed by atoms with Gasteiger partial charge in [-0.15, -0.1) is 0 Å². The minimum atomic E-state index is 0.190. The van der Waals surface area contributed by atoms with Crippen LogP contribution >= 0.6 is 0 Å². The van der Waals surface area contributed by atoms with Crippen molar-refractivity contribution in [2.45, 2.75) is 0 Å². The largest absolute Gasteiger partial charge is 0.508 e. The molecule has 0 spiro atoms. The molecule has 166 valence electrons. The van der Waals surface area contributed by atoms with Gasteiger partial charge in [0, 0.05) is 23.1 Å². The van der Waals surface area contributed by atoms with E-state index in [9.17, 15) is 15.3 Å². The van der Waals surface area contributed by atoms with Crippen LogP contribution in [0.5, 0.6) is 17.2 Å². The number of phenols is 3. The van der Waals surface area contributed by atoms with Gasteiger partial charge in [0.05, 0.1) is 0 Å². The normalized spacial score (nSPS) is 10.7. The molecule has 0 radical (unpaired) electrons. The second-order valence-corrected chi connectivity index (χ2v) is 8.05. The molecule has 0 aliphatic rings. The Kier molecular flexibility index (Phi) is 5.63. The van der Waals surface area contributed by atoms with E-state index in [1.54, 1.807) is 36.4 Å². The van der Waals surface area contributed by atoms with Crippen LogP contribution in [0.25, 0.3) is 22.3 Å². The highest BCUT2D eigenvalue weighted by molar-refractivity contribution is 5.80. The highest BCUT2D eigenvalue weighted by Gasteiger charge is 2.14. The smallest absolute Gasteiger partial charge is 0.117 e. The van der Waals surface area contributed by atoms with Crippen molar-refractivity contribution < 1.29 is 15.3 Å². The number of benzene rings is 5. The number of anilines is 3. The van der Waals surface area contributed by atoms with Crippen LogP contribution in [-0.4, -0.2) is 15.3 Å².